The Labute approximate surface area is 142 Å². The number of hydrogen-bond acceptors (Lipinski definition) is 3. The van der Waals surface area contributed by atoms with E-state index < -0.39 is 5.82 Å². The van der Waals surface area contributed by atoms with Gasteiger partial charge in [-0.25, -0.2) is 4.39 Å². The van der Waals surface area contributed by atoms with Crippen LogP contribution in [-0.2, 0) is 17.6 Å². The first-order valence-corrected chi connectivity index (χ1v) is 7.98. The Bertz CT molecular complexity index is 662. The van der Waals surface area contributed by atoms with Crippen molar-refractivity contribution in [3.8, 4) is 5.75 Å². The maximum atomic E-state index is 13.7. The average Bonchev–Trinajstić information content (AvgIpc) is 2.59. The van der Waals surface area contributed by atoms with Crippen LogP contribution < -0.4 is 10.5 Å². The molecule has 0 radical (unpaired) electrons. The topological polar surface area (TPSA) is 55.6 Å². The second-order valence-electron chi connectivity index (χ2n) is 5.55. The van der Waals surface area contributed by atoms with Gasteiger partial charge in [0.15, 0.2) is 11.6 Å². The van der Waals surface area contributed by atoms with E-state index in [2.05, 4.69) is 0 Å². The van der Waals surface area contributed by atoms with Gasteiger partial charge in [0.05, 0.1) is 13.5 Å². The van der Waals surface area contributed by atoms with Gasteiger partial charge >= 0.3 is 0 Å². The lowest BCUT2D eigenvalue weighted by atomic mass is 10.1. The van der Waals surface area contributed by atoms with Gasteiger partial charge in [-0.1, -0.05) is 36.4 Å². The summed E-state index contributed by atoms with van der Waals surface area (Å²) in [6.45, 7) is 1.49. The molecule has 0 aromatic heterocycles. The highest BCUT2D eigenvalue weighted by Gasteiger charge is 2.14. The first-order chi connectivity index (χ1) is 11.6. The van der Waals surface area contributed by atoms with Crippen molar-refractivity contribution in [3.05, 3.63) is 65.5 Å². The Morgan fingerprint density at radius 3 is 2.50 bits per heavy atom. The van der Waals surface area contributed by atoms with Crippen molar-refractivity contribution in [3.63, 3.8) is 0 Å². The number of amides is 1. The van der Waals surface area contributed by atoms with Crippen LogP contribution in [0.1, 0.15) is 11.1 Å². The molecule has 0 aliphatic heterocycles. The highest BCUT2D eigenvalue weighted by Crippen LogP contribution is 2.18. The van der Waals surface area contributed by atoms with E-state index in [9.17, 15) is 9.18 Å². The first-order valence-electron chi connectivity index (χ1n) is 7.98. The van der Waals surface area contributed by atoms with Crippen LogP contribution in [0.4, 0.5) is 4.39 Å². The van der Waals surface area contributed by atoms with Crippen molar-refractivity contribution in [2.75, 3.05) is 26.7 Å². The van der Waals surface area contributed by atoms with Crippen LogP contribution >= 0.6 is 0 Å². The molecule has 0 aliphatic carbocycles. The quantitative estimate of drug-likeness (QED) is 0.809. The van der Waals surface area contributed by atoms with E-state index in [0.717, 1.165) is 6.42 Å². The Morgan fingerprint density at radius 2 is 1.88 bits per heavy atom. The van der Waals surface area contributed by atoms with Crippen molar-refractivity contribution in [2.24, 2.45) is 5.73 Å². The Balaban J connectivity index is 1.99. The summed E-state index contributed by atoms with van der Waals surface area (Å²) in [5.74, 6) is -0.340. The highest BCUT2D eigenvalue weighted by molar-refractivity contribution is 5.78. The average molecular weight is 330 g/mol. The number of nitrogens with two attached hydrogens (primary N) is 1. The summed E-state index contributed by atoms with van der Waals surface area (Å²) in [6.07, 6.45) is 0.916. The molecular formula is C19H23FN2O2. The van der Waals surface area contributed by atoms with Crippen LogP contribution in [0.5, 0.6) is 5.75 Å². The number of carbonyl (C=O) groups excluding carboxylic acids is 1. The van der Waals surface area contributed by atoms with Crippen molar-refractivity contribution < 1.29 is 13.9 Å². The SMILES string of the molecule is COc1ccc(CC(=O)N(CCN)CCc2ccccc2)cc1F. The zero-order valence-electron chi connectivity index (χ0n) is 13.9. The fraction of sp³-hybridized carbons (Fsp3) is 0.316. The van der Waals surface area contributed by atoms with Crippen LogP contribution in [0, 0.1) is 5.82 Å². The van der Waals surface area contributed by atoms with Crippen LogP contribution in [0.3, 0.4) is 0 Å². The summed E-state index contributed by atoms with van der Waals surface area (Å²) in [5.41, 5.74) is 7.42. The summed E-state index contributed by atoms with van der Waals surface area (Å²) in [4.78, 5) is 14.2. The monoisotopic (exact) mass is 330 g/mol. The number of halogens is 1. The smallest absolute Gasteiger partial charge is 0.227 e. The fourth-order valence-corrected chi connectivity index (χ4v) is 2.53. The number of ether oxygens (including phenoxy) is 1. The van der Waals surface area contributed by atoms with Gasteiger partial charge in [0.2, 0.25) is 5.91 Å². The lowest BCUT2D eigenvalue weighted by molar-refractivity contribution is -0.130. The molecule has 24 heavy (non-hydrogen) atoms. The van der Waals surface area contributed by atoms with Gasteiger partial charge in [0.25, 0.3) is 0 Å². The largest absolute Gasteiger partial charge is 0.494 e. The molecule has 0 aliphatic rings. The third-order valence-electron chi connectivity index (χ3n) is 3.84. The molecule has 0 spiro atoms. The Kier molecular flexibility index (Phi) is 6.75. The van der Waals surface area contributed by atoms with E-state index in [4.69, 9.17) is 10.5 Å². The van der Waals surface area contributed by atoms with Crippen LogP contribution in [-0.4, -0.2) is 37.6 Å². The van der Waals surface area contributed by atoms with Gasteiger partial charge in [-0.15, -0.1) is 0 Å². The summed E-state index contributed by atoms with van der Waals surface area (Å²) < 4.78 is 18.6. The minimum atomic E-state index is -0.461. The standard InChI is InChI=1S/C19H23FN2O2/c1-24-18-8-7-16(13-17(18)20)14-19(23)22(12-10-21)11-9-15-5-3-2-4-6-15/h2-8,13H,9-12,14,21H2,1H3. The van der Waals surface area contributed by atoms with E-state index in [-0.39, 0.29) is 18.1 Å². The zero-order valence-corrected chi connectivity index (χ0v) is 13.9. The molecule has 0 atom stereocenters. The molecule has 0 unspecified atom stereocenters. The number of nitrogens with zero attached hydrogens (tertiary/aromatic N) is 1. The number of hydrogen-bond donors (Lipinski definition) is 1. The molecule has 0 heterocycles. The maximum absolute atomic E-state index is 13.7. The van der Waals surface area contributed by atoms with Gasteiger partial charge in [-0.3, -0.25) is 4.79 Å². The Morgan fingerprint density at radius 1 is 1.12 bits per heavy atom. The van der Waals surface area contributed by atoms with Crippen LogP contribution in [0.15, 0.2) is 48.5 Å². The number of carbonyl (C=O) groups is 1. The van der Waals surface area contributed by atoms with Gasteiger partial charge in [-0.05, 0) is 29.7 Å². The minimum absolute atomic E-state index is 0.0547. The summed E-state index contributed by atoms with van der Waals surface area (Å²) in [7, 11) is 1.41. The fourth-order valence-electron chi connectivity index (χ4n) is 2.53. The number of benzene rings is 2. The predicted octanol–water partition coefficient (Wildman–Crippen LogP) is 2.41. The zero-order chi connectivity index (χ0) is 17.4. The van der Waals surface area contributed by atoms with Gasteiger partial charge < -0.3 is 15.4 Å². The molecule has 1 amide bonds. The molecule has 2 rings (SSSR count). The lowest BCUT2D eigenvalue weighted by Crippen LogP contribution is -2.37. The molecule has 4 nitrogen and oxygen atoms in total. The molecule has 0 bridgehead atoms. The van der Waals surface area contributed by atoms with Crippen LogP contribution in [0.2, 0.25) is 0 Å². The van der Waals surface area contributed by atoms with Gasteiger partial charge in [-0.2, -0.15) is 0 Å². The molecule has 0 saturated carbocycles. The van der Waals surface area contributed by atoms with Crippen molar-refractivity contribution in [1.82, 2.24) is 4.90 Å². The van der Waals surface area contributed by atoms with Crippen molar-refractivity contribution in [1.29, 1.82) is 0 Å². The van der Waals surface area contributed by atoms with E-state index >= 15 is 0 Å². The van der Waals surface area contributed by atoms with Gasteiger partial charge in [0, 0.05) is 19.6 Å². The molecule has 5 heteroatoms. The molecule has 2 aromatic carbocycles. The number of rotatable bonds is 8. The minimum Gasteiger partial charge on any atom is -0.494 e. The second kappa shape index (κ2) is 9.03. The Hall–Kier alpha value is -2.40. The van der Waals surface area contributed by atoms with E-state index in [1.165, 1.54) is 24.8 Å². The van der Waals surface area contributed by atoms with E-state index in [0.29, 0.717) is 25.2 Å². The van der Waals surface area contributed by atoms with E-state index in [1.54, 1.807) is 11.0 Å². The summed E-state index contributed by atoms with van der Waals surface area (Å²) in [5, 5.41) is 0. The summed E-state index contributed by atoms with van der Waals surface area (Å²) in [6, 6.07) is 14.6. The third kappa shape index (κ3) is 5.06. The molecular weight excluding hydrogens is 307 g/mol. The third-order valence-corrected chi connectivity index (χ3v) is 3.84. The van der Waals surface area contributed by atoms with E-state index in [1.807, 2.05) is 30.3 Å². The molecule has 2 aromatic rings. The lowest BCUT2D eigenvalue weighted by Gasteiger charge is -2.22. The molecule has 128 valence electrons. The van der Waals surface area contributed by atoms with Crippen molar-refractivity contribution >= 4 is 5.91 Å². The van der Waals surface area contributed by atoms with Crippen LogP contribution in [0.25, 0.3) is 0 Å². The number of methoxy groups -OCH3 is 1. The maximum Gasteiger partial charge on any atom is 0.227 e. The van der Waals surface area contributed by atoms with Gasteiger partial charge in [0.1, 0.15) is 0 Å². The highest BCUT2D eigenvalue weighted by atomic mass is 19.1. The molecule has 0 fully saturated rings. The molecule has 2 N–H and O–H groups in total. The predicted molar refractivity (Wildman–Crippen MR) is 92.4 cm³/mol. The summed E-state index contributed by atoms with van der Waals surface area (Å²) >= 11 is 0. The second-order valence-corrected chi connectivity index (χ2v) is 5.55. The normalized spacial score (nSPS) is 10.5. The first kappa shape index (κ1) is 17.9. The molecule has 0 saturated heterocycles. The van der Waals surface area contributed by atoms with Crippen molar-refractivity contribution in [2.45, 2.75) is 12.8 Å².